The Morgan fingerprint density at radius 3 is 2.07 bits per heavy atom. The molecule has 2 aliphatic heterocycles. The van der Waals surface area contributed by atoms with E-state index in [9.17, 15) is 39.9 Å². The summed E-state index contributed by atoms with van der Waals surface area (Å²) in [6, 6.07) is 5.45. The molecule has 2 heterocycles. The second-order valence-corrected chi connectivity index (χ2v) is 12.5. The molecule has 2 aliphatic carbocycles. The van der Waals surface area contributed by atoms with Crippen LogP contribution in [0.25, 0.3) is 0 Å². The summed E-state index contributed by atoms with van der Waals surface area (Å²) in [5.74, 6) is -3.23. The second-order valence-electron chi connectivity index (χ2n) is 12.5. The van der Waals surface area contributed by atoms with E-state index in [4.69, 9.17) is 24.7 Å². The maximum atomic E-state index is 13.5. The standard InChI is InChI=1S/C32H37NO12.ClH/c1-12-26(36)18(33)8-21(42-12)45-31-13(2)43-22(9-19(31)35)44-20-11-32(41,14(3)34)10-17-23(20)30(40)25-24(29(17)39)27(37)15-6-4-5-7-16(15)28(25)38;/h4-7,12-13,18-22,26,31,35-36,39-41H,8-11,33H2,1-3H3;1H/t12-,13-,18-,19-,20?,21-,22-,26+,31+,32-;/m0./s1. The van der Waals surface area contributed by atoms with Crippen LogP contribution in [0.2, 0.25) is 0 Å². The van der Waals surface area contributed by atoms with Crippen LogP contribution in [-0.2, 0) is 30.2 Å². The third-order valence-electron chi connectivity index (χ3n) is 9.45. The van der Waals surface area contributed by atoms with E-state index in [1.165, 1.54) is 19.1 Å². The predicted molar refractivity (Wildman–Crippen MR) is 161 cm³/mol. The first kappa shape index (κ1) is 34.4. The first-order valence-corrected chi connectivity index (χ1v) is 15.0. The van der Waals surface area contributed by atoms with Gasteiger partial charge in [-0.05, 0) is 20.8 Å². The molecule has 1 unspecified atom stereocenters. The summed E-state index contributed by atoms with van der Waals surface area (Å²) < 4.78 is 23.9. The fourth-order valence-electron chi connectivity index (χ4n) is 6.90. The van der Waals surface area contributed by atoms with Crippen LogP contribution in [0.1, 0.15) is 89.1 Å². The quantitative estimate of drug-likeness (QED) is 0.213. The highest BCUT2D eigenvalue weighted by Crippen LogP contribution is 2.52. The number of ketones is 3. The van der Waals surface area contributed by atoms with E-state index in [2.05, 4.69) is 0 Å². The van der Waals surface area contributed by atoms with E-state index in [1.807, 2.05) is 0 Å². The van der Waals surface area contributed by atoms with Crippen LogP contribution < -0.4 is 5.73 Å². The lowest BCUT2D eigenvalue weighted by atomic mass is 9.72. The molecule has 4 aliphatic rings. The van der Waals surface area contributed by atoms with E-state index in [-0.39, 0.29) is 53.9 Å². The van der Waals surface area contributed by atoms with Gasteiger partial charge in [-0.25, -0.2) is 0 Å². The van der Waals surface area contributed by atoms with Crippen molar-refractivity contribution in [2.24, 2.45) is 5.73 Å². The van der Waals surface area contributed by atoms with E-state index < -0.39 is 107 Å². The van der Waals surface area contributed by atoms with Gasteiger partial charge in [0, 0.05) is 54.0 Å². The van der Waals surface area contributed by atoms with Crippen LogP contribution in [0, 0.1) is 0 Å². The first-order chi connectivity index (χ1) is 21.2. The van der Waals surface area contributed by atoms with Gasteiger partial charge in [-0.2, -0.15) is 0 Å². The van der Waals surface area contributed by atoms with Crippen LogP contribution in [0.5, 0.6) is 11.5 Å². The molecule has 2 fully saturated rings. The molecule has 0 spiro atoms. The van der Waals surface area contributed by atoms with Gasteiger partial charge >= 0.3 is 0 Å². The van der Waals surface area contributed by atoms with Gasteiger partial charge < -0.3 is 50.2 Å². The summed E-state index contributed by atoms with van der Waals surface area (Å²) in [7, 11) is 0. The molecule has 0 radical (unpaired) electrons. The number of ether oxygens (including phenoxy) is 4. The molecule has 46 heavy (non-hydrogen) atoms. The van der Waals surface area contributed by atoms with Crippen molar-refractivity contribution < 1.29 is 58.9 Å². The molecule has 0 saturated carbocycles. The van der Waals surface area contributed by atoms with Gasteiger partial charge in [0.05, 0.1) is 41.6 Å². The Hall–Kier alpha value is -2.98. The Kier molecular flexibility index (Phi) is 9.38. The number of aliphatic hydroxyl groups is 3. The second kappa shape index (κ2) is 12.6. The van der Waals surface area contributed by atoms with Gasteiger partial charge in [-0.3, -0.25) is 14.4 Å². The zero-order chi connectivity index (χ0) is 32.5. The predicted octanol–water partition coefficient (Wildman–Crippen LogP) is 1.32. The number of nitrogens with two attached hydrogens (primary N) is 1. The maximum Gasteiger partial charge on any atom is 0.198 e. The molecule has 0 aromatic heterocycles. The van der Waals surface area contributed by atoms with E-state index >= 15 is 0 Å². The number of rotatable bonds is 5. The monoisotopic (exact) mass is 663 g/mol. The van der Waals surface area contributed by atoms with Crippen molar-refractivity contribution in [1.82, 2.24) is 0 Å². The molecule has 10 atom stereocenters. The largest absolute Gasteiger partial charge is 0.507 e. The van der Waals surface area contributed by atoms with Crippen molar-refractivity contribution in [2.75, 3.05) is 0 Å². The Balaban J connectivity index is 0.00000417. The van der Waals surface area contributed by atoms with E-state index in [0.717, 1.165) is 0 Å². The molecule has 2 aromatic rings. The molecule has 250 valence electrons. The molecular formula is C32H38ClNO12. The molecule has 6 rings (SSSR count). The Labute approximate surface area is 270 Å². The van der Waals surface area contributed by atoms with Gasteiger partial charge in [0.15, 0.2) is 29.9 Å². The number of halogens is 1. The molecular weight excluding hydrogens is 626 g/mol. The number of carbonyl (C=O) groups is 3. The number of Topliss-reactive ketones (excluding diaryl/α,β-unsaturated/α-hetero) is 1. The highest BCUT2D eigenvalue weighted by molar-refractivity contribution is 6.30. The van der Waals surface area contributed by atoms with Gasteiger partial charge in [0.25, 0.3) is 0 Å². The Morgan fingerprint density at radius 2 is 1.50 bits per heavy atom. The highest BCUT2D eigenvalue weighted by atomic mass is 35.5. The Bertz CT molecular complexity index is 1540. The summed E-state index contributed by atoms with van der Waals surface area (Å²) in [5, 5.41) is 55.4. The summed E-state index contributed by atoms with van der Waals surface area (Å²) in [6.45, 7) is 4.48. The van der Waals surface area contributed by atoms with Crippen molar-refractivity contribution in [3.05, 3.63) is 57.6 Å². The molecule has 0 amide bonds. The van der Waals surface area contributed by atoms with Crippen molar-refractivity contribution >= 4 is 29.8 Å². The number of hydrogen-bond donors (Lipinski definition) is 6. The minimum atomic E-state index is -2.04. The fourth-order valence-corrected chi connectivity index (χ4v) is 6.90. The lowest BCUT2D eigenvalue weighted by Gasteiger charge is -2.44. The molecule has 7 N–H and O–H groups in total. The smallest absolute Gasteiger partial charge is 0.198 e. The number of fused-ring (bicyclic) bond motifs is 3. The normalized spacial score (nSPS) is 35.4. The minimum Gasteiger partial charge on any atom is -0.507 e. The summed E-state index contributed by atoms with van der Waals surface area (Å²) in [4.78, 5) is 39.6. The number of carbonyl (C=O) groups excluding carboxylic acids is 3. The number of aliphatic hydroxyl groups excluding tert-OH is 2. The van der Waals surface area contributed by atoms with Crippen LogP contribution in [0.3, 0.4) is 0 Å². The average Bonchev–Trinajstić information content (AvgIpc) is 2.98. The van der Waals surface area contributed by atoms with E-state index in [1.54, 1.807) is 26.0 Å². The third kappa shape index (κ3) is 5.63. The topological polar surface area (TPSA) is 215 Å². The first-order valence-electron chi connectivity index (χ1n) is 15.0. The van der Waals surface area contributed by atoms with E-state index in [0.29, 0.717) is 0 Å². The van der Waals surface area contributed by atoms with Crippen molar-refractivity contribution in [3.8, 4) is 11.5 Å². The number of aromatic hydroxyl groups is 2. The minimum absolute atomic E-state index is 0. The van der Waals surface area contributed by atoms with Crippen LogP contribution >= 0.6 is 12.4 Å². The molecule has 2 aromatic carbocycles. The number of hydrogen-bond acceptors (Lipinski definition) is 13. The average molecular weight is 664 g/mol. The van der Waals surface area contributed by atoms with Crippen LogP contribution in [0.15, 0.2) is 24.3 Å². The molecule has 13 nitrogen and oxygen atoms in total. The Morgan fingerprint density at radius 1 is 0.935 bits per heavy atom. The van der Waals surface area contributed by atoms with Gasteiger partial charge in [0.2, 0.25) is 0 Å². The SMILES string of the molecule is CC(=O)[C@]1(O)Cc2c(O)c3c(c(O)c2C(O[C@H]2C[C@H](O)[C@H](O[C@H]4C[C@H](N)[C@H](O)[C@H](C)O4)[C@H](C)O2)C1)C(=O)c1ccccc1C3=O.Cl. The van der Waals surface area contributed by atoms with Crippen LogP contribution in [-0.4, -0.2) is 97.6 Å². The lowest BCUT2D eigenvalue weighted by molar-refractivity contribution is -0.311. The highest BCUT2D eigenvalue weighted by Gasteiger charge is 2.49. The molecule has 14 heteroatoms. The third-order valence-corrected chi connectivity index (χ3v) is 9.45. The van der Waals surface area contributed by atoms with Gasteiger partial charge in [-0.1, -0.05) is 24.3 Å². The van der Waals surface area contributed by atoms with Crippen molar-refractivity contribution in [3.63, 3.8) is 0 Å². The van der Waals surface area contributed by atoms with Crippen molar-refractivity contribution in [2.45, 2.75) is 107 Å². The summed E-state index contributed by atoms with van der Waals surface area (Å²) in [6.07, 6.45) is -8.12. The number of phenolic OH excluding ortho intramolecular Hbond substituents is 2. The van der Waals surface area contributed by atoms with Gasteiger partial charge in [0.1, 0.15) is 23.2 Å². The lowest BCUT2D eigenvalue weighted by Crippen LogP contribution is -2.56. The number of benzene rings is 2. The molecule has 2 saturated heterocycles. The van der Waals surface area contributed by atoms with Crippen molar-refractivity contribution in [1.29, 1.82) is 0 Å². The number of phenols is 2. The summed E-state index contributed by atoms with van der Waals surface area (Å²) >= 11 is 0. The molecule has 0 bridgehead atoms. The van der Waals surface area contributed by atoms with Crippen LogP contribution in [0.4, 0.5) is 0 Å². The fraction of sp³-hybridized carbons (Fsp3) is 0.531. The maximum absolute atomic E-state index is 13.5. The zero-order valence-corrected chi connectivity index (χ0v) is 26.2. The zero-order valence-electron chi connectivity index (χ0n) is 25.4. The summed E-state index contributed by atoms with van der Waals surface area (Å²) in [5.41, 5.74) is 3.10. The van der Waals surface area contributed by atoms with Gasteiger partial charge in [-0.15, -0.1) is 12.4 Å².